The second-order valence-electron chi connectivity index (χ2n) is 4.33. The lowest BCUT2D eigenvalue weighted by Gasteiger charge is -2.13. The number of hydrogen-bond donors (Lipinski definition) is 2. The molecule has 1 heterocycles. The molecule has 104 valence electrons. The summed E-state index contributed by atoms with van der Waals surface area (Å²) in [5, 5.41) is 7.54. The van der Waals surface area contributed by atoms with Gasteiger partial charge in [-0.1, -0.05) is 6.07 Å². The fourth-order valence-electron chi connectivity index (χ4n) is 1.87. The zero-order valence-corrected chi connectivity index (χ0v) is 11.0. The number of nitrogens with one attached hydrogen (secondary N) is 1. The topological polar surface area (TPSA) is 72.0 Å². The van der Waals surface area contributed by atoms with Crippen molar-refractivity contribution >= 4 is 5.84 Å². The van der Waals surface area contributed by atoms with Crippen LogP contribution in [-0.4, -0.2) is 10.8 Å². The Morgan fingerprint density at radius 3 is 2.65 bits per heavy atom. The van der Waals surface area contributed by atoms with E-state index in [0.717, 1.165) is 6.07 Å². The molecule has 0 bridgehead atoms. The maximum Gasteiger partial charge on any atom is 0.230 e. The normalized spacial score (nSPS) is 10.4. The molecule has 1 aromatic heterocycles. The average Bonchev–Trinajstić information content (AvgIpc) is 2.33. The van der Waals surface area contributed by atoms with Gasteiger partial charge < -0.3 is 10.5 Å². The van der Waals surface area contributed by atoms with Gasteiger partial charge in [0.05, 0.1) is 5.56 Å². The number of ether oxygens (including phenoxy) is 1. The van der Waals surface area contributed by atoms with E-state index in [-0.39, 0.29) is 23.0 Å². The van der Waals surface area contributed by atoms with Gasteiger partial charge in [-0.15, -0.1) is 0 Å². The first-order chi connectivity index (χ1) is 9.40. The first-order valence-electron chi connectivity index (χ1n) is 5.84. The minimum Gasteiger partial charge on any atom is -0.435 e. The van der Waals surface area contributed by atoms with Gasteiger partial charge >= 0.3 is 0 Å². The quantitative estimate of drug-likeness (QED) is 0.669. The summed E-state index contributed by atoms with van der Waals surface area (Å²) < 4.78 is 32.1. The molecule has 1 aromatic carbocycles. The summed E-state index contributed by atoms with van der Waals surface area (Å²) in [5.41, 5.74) is 7.05. The number of nitrogens with two attached hydrogens (primary N) is 1. The Morgan fingerprint density at radius 2 is 2.00 bits per heavy atom. The number of nitrogen functional groups attached to an aromatic ring is 1. The first kappa shape index (κ1) is 13.9. The molecule has 0 aliphatic carbocycles. The Bertz CT molecular complexity index is 686. The lowest BCUT2D eigenvalue weighted by atomic mass is 10.1. The third-order valence-electron chi connectivity index (χ3n) is 2.70. The van der Waals surface area contributed by atoms with Crippen molar-refractivity contribution in [3.05, 3.63) is 52.7 Å². The third-order valence-corrected chi connectivity index (χ3v) is 2.70. The van der Waals surface area contributed by atoms with Gasteiger partial charge in [-0.05, 0) is 37.6 Å². The molecule has 6 heteroatoms. The smallest absolute Gasteiger partial charge is 0.230 e. The number of hydrogen-bond acceptors (Lipinski definition) is 3. The van der Waals surface area contributed by atoms with E-state index >= 15 is 0 Å². The molecule has 0 saturated carbocycles. The predicted octanol–water partition coefficient (Wildman–Crippen LogP) is 3.05. The van der Waals surface area contributed by atoms with E-state index in [0.29, 0.717) is 11.3 Å². The van der Waals surface area contributed by atoms with Gasteiger partial charge in [0.1, 0.15) is 5.84 Å². The van der Waals surface area contributed by atoms with Crippen LogP contribution in [0, 0.1) is 30.9 Å². The van der Waals surface area contributed by atoms with Crippen LogP contribution in [0.3, 0.4) is 0 Å². The average molecular weight is 277 g/mol. The van der Waals surface area contributed by atoms with Crippen molar-refractivity contribution in [1.29, 1.82) is 5.41 Å². The SMILES string of the molecule is Cc1cc(C)c(C(=N)N)c(Oc2cccc(F)c2F)n1. The van der Waals surface area contributed by atoms with Gasteiger partial charge in [0.15, 0.2) is 11.6 Å². The molecule has 2 aromatic rings. The fourth-order valence-corrected chi connectivity index (χ4v) is 1.87. The Hall–Kier alpha value is -2.50. The summed E-state index contributed by atoms with van der Waals surface area (Å²) in [6.45, 7) is 3.46. The largest absolute Gasteiger partial charge is 0.435 e. The predicted molar refractivity (Wildman–Crippen MR) is 71.2 cm³/mol. The maximum absolute atomic E-state index is 13.6. The van der Waals surface area contributed by atoms with Gasteiger partial charge in [0, 0.05) is 5.69 Å². The summed E-state index contributed by atoms with van der Waals surface area (Å²) in [6, 6.07) is 5.32. The van der Waals surface area contributed by atoms with Crippen molar-refractivity contribution < 1.29 is 13.5 Å². The number of amidine groups is 1. The van der Waals surface area contributed by atoms with E-state index in [1.54, 1.807) is 19.9 Å². The molecule has 0 aliphatic heterocycles. The molecule has 3 N–H and O–H groups in total. The number of aromatic nitrogens is 1. The van der Waals surface area contributed by atoms with E-state index in [2.05, 4.69) is 4.98 Å². The van der Waals surface area contributed by atoms with E-state index < -0.39 is 11.6 Å². The van der Waals surface area contributed by atoms with Gasteiger partial charge in [0.2, 0.25) is 11.7 Å². The number of rotatable bonds is 3. The molecular formula is C14H13F2N3O. The van der Waals surface area contributed by atoms with E-state index in [1.165, 1.54) is 12.1 Å². The van der Waals surface area contributed by atoms with Gasteiger partial charge in [-0.25, -0.2) is 9.37 Å². The summed E-state index contributed by atoms with van der Waals surface area (Å²) in [7, 11) is 0. The summed E-state index contributed by atoms with van der Waals surface area (Å²) in [6.07, 6.45) is 0. The summed E-state index contributed by atoms with van der Waals surface area (Å²) in [5.74, 6) is -2.69. The van der Waals surface area contributed by atoms with Gasteiger partial charge in [0.25, 0.3) is 0 Å². The lowest BCUT2D eigenvalue weighted by molar-refractivity contribution is 0.404. The van der Waals surface area contributed by atoms with Gasteiger partial charge in [-0.3, -0.25) is 5.41 Å². The number of aryl methyl sites for hydroxylation is 2. The summed E-state index contributed by atoms with van der Waals surface area (Å²) >= 11 is 0. The standard InChI is InChI=1S/C14H13F2N3O/c1-7-6-8(2)19-14(11(7)13(17)18)20-10-5-3-4-9(15)12(10)16/h3-6H,1-2H3,(H3,17,18). The Morgan fingerprint density at radius 1 is 1.30 bits per heavy atom. The number of halogens is 2. The van der Waals surface area contributed by atoms with Crippen molar-refractivity contribution in [2.75, 3.05) is 0 Å². The van der Waals surface area contributed by atoms with Crippen LogP contribution in [0.2, 0.25) is 0 Å². The van der Waals surface area contributed by atoms with Crippen LogP contribution in [0.5, 0.6) is 11.6 Å². The van der Waals surface area contributed by atoms with Crippen LogP contribution in [0.15, 0.2) is 24.3 Å². The highest BCUT2D eigenvalue weighted by molar-refractivity contribution is 5.98. The lowest BCUT2D eigenvalue weighted by Crippen LogP contribution is -2.15. The Kier molecular flexibility index (Phi) is 3.65. The van der Waals surface area contributed by atoms with E-state index in [4.69, 9.17) is 15.9 Å². The first-order valence-corrected chi connectivity index (χ1v) is 5.84. The van der Waals surface area contributed by atoms with Crippen LogP contribution < -0.4 is 10.5 Å². The third kappa shape index (κ3) is 2.59. The fraction of sp³-hybridized carbons (Fsp3) is 0.143. The van der Waals surface area contributed by atoms with Crippen molar-refractivity contribution in [3.8, 4) is 11.6 Å². The van der Waals surface area contributed by atoms with Gasteiger partial charge in [-0.2, -0.15) is 4.39 Å². The molecular weight excluding hydrogens is 264 g/mol. The second kappa shape index (κ2) is 5.24. The second-order valence-corrected chi connectivity index (χ2v) is 4.33. The molecule has 0 unspecified atom stereocenters. The minimum atomic E-state index is -1.11. The molecule has 0 atom stereocenters. The molecule has 0 aliphatic rings. The van der Waals surface area contributed by atoms with Crippen LogP contribution >= 0.6 is 0 Å². The van der Waals surface area contributed by atoms with Crippen LogP contribution in [-0.2, 0) is 0 Å². The molecule has 0 radical (unpaired) electrons. The Balaban J connectivity index is 2.53. The van der Waals surface area contributed by atoms with Crippen molar-refractivity contribution in [2.45, 2.75) is 13.8 Å². The van der Waals surface area contributed by atoms with E-state index in [9.17, 15) is 8.78 Å². The number of nitrogens with zero attached hydrogens (tertiary/aromatic N) is 1. The maximum atomic E-state index is 13.6. The van der Waals surface area contributed by atoms with Crippen LogP contribution in [0.25, 0.3) is 0 Å². The van der Waals surface area contributed by atoms with Crippen LogP contribution in [0.1, 0.15) is 16.8 Å². The molecule has 4 nitrogen and oxygen atoms in total. The monoisotopic (exact) mass is 277 g/mol. The van der Waals surface area contributed by atoms with Crippen LogP contribution in [0.4, 0.5) is 8.78 Å². The summed E-state index contributed by atoms with van der Waals surface area (Å²) in [4.78, 5) is 4.09. The molecule has 0 fully saturated rings. The highest BCUT2D eigenvalue weighted by Gasteiger charge is 2.17. The van der Waals surface area contributed by atoms with E-state index in [1.807, 2.05) is 0 Å². The Labute approximate surface area is 114 Å². The highest BCUT2D eigenvalue weighted by Crippen LogP contribution is 2.28. The zero-order chi connectivity index (χ0) is 14.9. The molecule has 20 heavy (non-hydrogen) atoms. The van der Waals surface area contributed by atoms with Crippen molar-refractivity contribution in [1.82, 2.24) is 4.98 Å². The molecule has 2 rings (SSSR count). The minimum absolute atomic E-state index is 0.0144. The number of benzene rings is 1. The molecule has 0 amide bonds. The van der Waals surface area contributed by atoms with Crippen molar-refractivity contribution in [3.63, 3.8) is 0 Å². The molecule has 0 saturated heterocycles. The van der Waals surface area contributed by atoms with Crippen molar-refractivity contribution in [2.24, 2.45) is 5.73 Å². The zero-order valence-electron chi connectivity index (χ0n) is 11.0. The number of pyridine rings is 1. The highest BCUT2D eigenvalue weighted by atomic mass is 19.2. The molecule has 0 spiro atoms.